The third-order valence-electron chi connectivity index (χ3n) is 4.04. The van der Waals surface area contributed by atoms with Crippen LogP contribution in [0, 0.1) is 33.6 Å². The Morgan fingerprint density at radius 1 is 1.18 bits per heavy atom. The summed E-state index contributed by atoms with van der Waals surface area (Å²) in [5.74, 6) is 0.505. The van der Waals surface area contributed by atoms with Crippen LogP contribution in [0.4, 0.5) is 0 Å². The van der Waals surface area contributed by atoms with Crippen LogP contribution in [-0.4, -0.2) is 18.9 Å². The molecule has 0 bridgehead atoms. The van der Waals surface area contributed by atoms with Crippen LogP contribution in [0.1, 0.15) is 39.0 Å². The van der Waals surface area contributed by atoms with E-state index in [1.54, 1.807) is 0 Å². The fourth-order valence-corrected chi connectivity index (χ4v) is 2.67. The number of Topliss-reactive ketones (excluding diaryl/α,β-unsaturated/α-hetero) is 1. The van der Waals surface area contributed by atoms with Crippen LogP contribution in [0.2, 0.25) is 0 Å². The summed E-state index contributed by atoms with van der Waals surface area (Å²) in [7, 11) is 0. The van der Waals surface area contributed by atoms with E-state index in [9.17, 15) is 4.79 Å². The van der Waals surface area contributed by atoms with Gasteiger partial charge in [-0.3, -0.25) is 4.79 Å². The van der Waals surface area contributed by atoms with Gasteiger partial charge in [0, 0.05) is 18.0 Å². The van der Waals surface area contributed by atoms with Crippen molar-refractivity contribution in [1.29, 1.82) is 0 Å². The molecule has 1 saturated heterocycles. The zero-order valence-corrected chi connectivity index (χ0v) is 11.2. The molecule has 1 unspecified atom stereocenters. The first-order chi connectivity index (χ1) is 8.02. The van der Waals surface area contributed by atoms with Gasteiger partial charge in [0.05, 0.1) is 0 Å². The van der Waals surface area contributed by atoms with Gasteiger partial charge in [-0.25, -0.2) is 0 Å². The van der Waals surface area contributed by atoms with Crippen LogP contribution in [0.3, 0.4) is 0 Å². The second-order valence-electron chi connectivity index (χ2n) is 5.19. The molecule has 1 aromatic rings. The molecule has 2 rings (SSSR count). The molecule has 1 aromatic carbocycles. The molecule has 1 aliphatic rings. The van der Waals surface area contributed by atoms with Gasteiger partial charge in [-0.2, -0.15) is 0 Å². The third kappa shape index (κ3) is 2.14. The van der Waals surface area contributed by atoms with Gasteiger partial charge < -0.3 is 5.32 Å². The number of aryl methyl sites for hydroxylation is 2. The Labute approximate surface area is 103 Å². The maximum atomic E-state index is 12.6. The Morgan fingerprint density at radius 3 is 2.24 bits per heavy atom. The van der Waals surface area contributed by atoms with Gasteiger partial charge >= 0.3 is 0 Å². The number of carbonyl (C=O) groups is 1. The normalized spacial score (nSPS) is 19.6. The van der Waals surface area contributed by atoms with E-state index in [0.717, 1.165) is 36.2 Å². The Morgan fingerprint density at radius 2 is 1.76 bits per heavy atom. The van der Waals surface area contributed by atoms with Crippen LogP contribution in [-0.2, 0) is 0 Å². The zero-order chi connectivity index (χ0) is 12.6. The van der Waals surface area contributed by atoms with Crippen molar-refractivity contribution < 1.29 is 4.79 Å². The summed E-state index contributed by atoms with van der Waals surface area (Å²) in [6.45, 7) is 10.1. The van der Waals surface area contributed by atoms with E-state index in [0.29, 0.717) is 5.78 Å². The average molecular weight is 231 g/mol. The van der Waals surface area contributed by atoms with Crippen molar-refractivity contribution in [2.24, 2.45) is 5.92 Å². The topological polar surface area (TPSA) is 29.1 Å². The van der Waals surface area contributed by atoms with Gasteiger partial charge in [0.25, 0.3) is 0 Å². The monoisotopic (exact) mass is 231 g/mol. The minimum atomic E-state index is 0.175. The molecule has 0 aliphatic carbocycles. The standard InChI is InChI=1S/C15H21NO/c1-9-7-10(2)12(4)14(11(9)3)15(17)13-5-6-16-8-13/h7,13,16H,5-6,8H2,1-4H3. The molecule has 0 amide bonds. The van der Waals surface area contributed by atoms with Gasteiger partial charge in [0.1, 0.15) is 0 Å². The van der Waals surface area contributed by atoms with Crippen molar-refractivity contribution in [2.75, 3.05) is 13.1 Å². The van der Waals surface area contributed by atoms with Crippen molar-refractivity contribution in [3.63, 3.8) is 0 Å². The summed E-state index contributed by atoms with van der Waals surface area (Å²) in [5, 5.41) is 3.27. The summed E-state index contributed by atoms with van der Waals surface area (Å²) < 4.78 is 0. The molecule has 0 saturated carbocycles. The van der Waals surface area contributed by atoms with Crippen LogP contribution in [0.5, 0.6) is 0 Å². The first-order valence-corrected chi connectivity index (χ1v) is 6.34. The van der Waals surface area contributed by atoms with E-state index < -0.39 is 0 Å². The van der Waals surface area contributed by atoms with E-state index in [2.05, 4.69) is 39.1 Å². The summed E-state index contributed by atoms with van der Waals surface area (Å²) in [6, 6.07) is 2.17. The van der Waals surface area contributed by atoms with Gasteiger partial charge in [-0.05, 0) is 62.9 Å². The smallest absolute Gasteiger partial charge is 0.167 e. The summed E-state index contributed by atoms with van der Waals surface area (Å²) in [5.41, 5.74) is 5.73. The highest BCUT2D eigenvalue weighted by atomic mass is 16.1. The highest BCUT2D eigenvalue weighted by molar-refractivity contribution is 6.01. The van der Waals surface area contributed by atoms with Crippen LogP contribution < -0.4 is 5.32 Å². The Balaban J connectivity index is 2.46. The number of hydrogen-bond acceptors (Lipinski definition) is 2. The van der Waals surface area contributed by atoms with Crippen molar-refractivity contribution in [2.45, 2.75) is 34.1 Å². The largest absolute Gasteiger partial charge is 0.316 e. The van der Waals surface area contributed by atoms with Crippen molar-refractivity contribution in [3.8, 4) is 0 Å². The van der Waals surface area contributed by atoms with Crippen LogP contribution in [0.15, 0.2) is 6.07 Å². The second kappa shape index (κ2) is 4.61. The minimum absolute atomic E-state index is 0.175. The third-order valence-corrected chi connectivity index (χ3v) is 4.04. The van der Waals surface area contributed by atoms with Gasteiger partial charge in [0.2, 0.25) is 0 Å². The fourth-order valence-electron chi connectivity index (χ4n) is 2.67. The molecular formula is C15H21NO. The van der Waals surface area contributed by atoms with E-state index in [4.69, 9.17) is 0 Å². The lowest BCUT2D eigenvalue weighted by Crippen LogP contribution is -2.20. The summed E-state index contributed by atoms with van der Waals surface area (Å²) in [6.07, 6.45) is 0.977. The molecule has 2 nitrogen and oxygen atoms in total. The van der Waals surface area contributed by atoms with Crippen LogP contribution in [0.25, 0.3) is 0 Å². The molecule has 1 heterocycles. The predicted octanol–water partition coefficient (Wildman–Crippen LogP) is 2.71. The molecule has 92 valence electrons. The number of nitrogens with one attached hydrogen (secondary N) is 1. The molecule has 1 atom stereocenters. The van der Waals surface area contributed by atoms with Gasteiger partial charge in [-0.1, -0.05) is 6.07 Å². The van der Waals surface area contributed by atoms with E-state index in [-0.39, 0.29) is 5.92 Å². The lowest BCUT2D eigenvalue weighted by molar-refractivity contribution is 0.0929. The summed E-state index contributed by atoms with van der Waals surface area (Å²) in [4.78, 5) is 12.6. The quantitative estimate of drug-likeness (QED) is 0.793. The van der Waals surface area contributed by atoms with E-state index in [1.165, 1.54) is 11.1 Å². The molecule has 1 N–H and O–H groups in total. The molecule has 2 heteroatoms. The molecule has 0 spiro atoms. The second-order valence-corrected chi connectivity index (χ2v) is 5.19. The van der Waals surface area contributed by atoms with Crippen molar-refractivity contribution in [3.05, 3.63) is 33.9 Å². The lowest BCUT2D eigenvalue weighted by atomic mass is 9.87. The highest BCUT2D eigenvalue weighted by Gasteiger charge is 2.26. The number of rotatable bonds is 2. The first kappa shape index (κ1) is 12.3. The molecule has 17 heavy (non-hydrogen) atoms. The van der Waals surface area contributed by atoms with E-state index >= 15 is 0 Å². The molecular weight excluding hydrogens is 210 g/mol. The maximum Gasteiger partial charge on any atom is 0.167 e. The maximum absolute atomic E-state index is 12.6. The number of benzene rings is 1. The molecule has 1 aliphatic heterocycles. The first-order valence-electron chi connectivity index (χ1n) is 6.34. The minimum Gasteiger partial charge on any atom is -0.316 e. The van der Waals surface area contributed by atoms with E-state index in [1.807, 2.05) is 0 Å². The zero-order valence-electron chi connectivity index (χ0n) is 11.2. The number of ketones is 1. The Bertz CT molecular complexity index is 430. The van der Waals surface area contributed by atoms with Crippen molar-refractivity contribution >= 4 is 5.78 Å². The molecule has 0 aromatic heterocycles. The number of carbonyl (C=O) groups excluding carboxylic acids is 1. The summed E-state index contributed by atoms with van der Waals surface area (Å²) >= 11 is 0. The Kier molecular flexibility index (Phi) is 3.34. The van der Waals surface area contributed by atoms with Gasteiger partial charge in [-0.15, -0.1) is 0 Å². The SMILES string of the molecule is Cc1cc(C)c(C)c(C(=O)C2CCNC2)c1C. The molecule has 0 radical (unpaired) electrons. The average Bonchev–Trinajstić information content (AvgIpc) is 2.80. The fraction of sp³-hybridized carbons (Fsp3) is 0.533. The molecule has 1 fully saturated rings. The predicted molar refractivity (Wildman–Crippen MR) is 70.7 cm³/mol. The highest BCUT2D eigenvalue weighted by Crippen LogP contribution is 2.26. The van der Waals surface area contributed by atoms with Crippen molar-refractivity contribution in [1.82, 2.24) is 5.32 Å². The van der Waals surface area contributed by atoms with Crippen LogP contribution >= 0.6 is 0 Å². The lowest BCUT2D eigenvalue weighted by Gasteiger charge is -2.16. The van der Waals surface area contributed by atoms with Gasteiger partial charge in [0.15, 0.2) is 5.78 Å². The Hall–Kier alpha value is -1.15. The number of hydrogen-bond donors (Lipinski definition) is 1.